The number of esters is 1. The number of thioether (sulfide) groups is 1. The zero-order chi connectivity index (χ0) is 20.8. The average Bonchev–Trinajstić information content (AvgIpc) is 2.63. The fourth-order valence-corrected chi connectivity index (χ4v) is 3.50. The number of nitro benzene ring substituents is 1. The van der Waals surface area contributed by atoms with Gasteiger partial charge < -0.3 is 10.1 Å². The van der Waals surface area contributed by atoms with E-state index in [1.165, 1.54) is 11.8 Å². The molecular formula is C18H16BrFN2O5S. The minimum Gasteiger partial charge on any atom is -0.455 e. The number of halogens is 2. The molecule has 0 aliphatic heterocycles. The Morgan fingerprint density at radius 2 is 1.96 bits per heavy atom. The van der Waals surface area contributed by atoms with Crippen molar-refractivity contribution in [2.45, 2.75) is 18.7 Å². The number of amides is 1. The lowest BCUT2D eigenvalue weighted by atomic mass is 10.2. The molecule has 0 saturated carbocycles. The molecule has 2 rings (SSSR count). The monoisotopic (exact) mass is 470 g/mol. The molecule has 2 aromatic carbocycles. The van der Waals surface area contributed by atoms with E-state index in [4.69, 9.17) is 4.74 Å². The van der Waals surface area contributed by atoms with E-state index in [0.717, 1.165) is 38.7 Å². The van der Waals surface area contributed by atoms with Crippen molar-refractivity contribution in [3.05, 3.63) is 61.9 Å². The van der Waals surface area contributed by atoms with Crippen LogP contribution in [-0.2, 0) is 14.3 Å². The van der Waals surface area contributed by atoms with Crippen molar-refractivity contribution in [2.24, 2.45) is 0 Å². The van der Waals surface area contributed by atoms with Gasteiger partial charge in [0.25, 0.3) is 11.6 Å². The Kier molecular flexibility index (Phi) is 7.53. The first-order valence-corrected chi connectivity index (χ1v) is 9.74. The van der Waals surface area contributed by atoms with Gasteiger partial charge in [-0.05, 0) is 43.2 Å². The van der Waals surface area contributed by atoms with Crippen LogP contribution >= 0.6 is 27.7 Å². The first kappa shape index (κ1) is 21.8. The minimum absolute atomic E-state index is 0.000359. The van der Waals surface area contributed by atoms with Gasteiger partial charge >= 0.3 is 5.97 Å². The van der Waals surface area contributed by atoms with Gasteiger partial charge in [-0.3, -0.25) is 19.7 Å². The predicted molar refractivity (Wildman–Crippen MR) is 107 cm³/mol. The maximum absolute atomic E-state index is 13.6. The summed E-state index contributed by atoms with van der Waals surface area (Å²) in [6.07, 6.45) is 0. The molecule has 0 aliphatic rings. The van der Waals surface area contributed by atoms with Gasteiger partial charge in [0.1, 0.15) is 5.82 Å². The van der Waals surface area contributed by atoms with Crippen LogP contribution in [0.15, 0.2) is 39.7 Å². The third-order valence-electron chi connectivity index (χ3n) is 3.60. The standard InChI is InChI=1S/C18H16BrFN2O5S/c1-10-6-16(11(2)5-13(10)19)28-9-18(24)27-8-17(23)21-15-7-12(22(25)26)3-4-14(15)20/h3-7H,8-9H2,1-2H3,(H,21,23). The first-order chi connectivity index (χ1) is 13.2. The summed E-state index contributed by atoms with van der Waals surface area (Å²) >= 11 is 4.72. The van der Waals surface area contributed by atoms with Crippen LogP contribution in [0.25, 0.3) is 0 Å². The second-order valence-corrected chi connectivity index (χ2v) is 7.66. The highest BCUT2D eigenvalue weighted by Gasteiger charge is 2.15. The number of nitro groups is 1. The Morgan fingerprint density at radius 1 is 1.25 bits per heavy atom. The maximum Gasteiger partial charge on any atom is 0.316 e. The number of aryl methyl sites for hydroxylation is 2. The van der Waals surface area contributed by atoms with Crippen molar-refractivity contribution in [1.29, 1.82) is 0 Å². The summed E-state index contributed by atoms with van der Waals surface area (Å²) in [5, 5.41) is 12.9. The van der Waals surface area contributed by atoms with Crippen LogP contribution in [0.4, 0.5) is 15.8 Å². The third-order valence-corrected chi connectivity index (χ3v) is 5.59. The molecule has 0 spiro atoms. The third kappa shape index (κ3) is 6.03. The quantitative estimate of drug-likeness (QED) is 0.279. The lowest BCUT2D eigenvalue weighted by Crippen LogP contribution is -2.22. The summed E-state index contributed by atoms with van der Waals surface area (Å²) < 4.78 is 19.5. The number of carbonyl (C=O) groups is 2. The molecule has 148 valence electrons. The van der Waals surface area contributed by atoms with Gasteiger partial charge in [0.15, 0.2) is 6.61 Å². The molecule has 28 heavy (non-hydrogen) atoms. The molecule has 0 bridgehead atoms. The zero-order valence-electron chi connectivity index (χ0n) is 15.0. The highest BCUT2D eigenvalue weighted by Crippen LogP contribution is 2.28. The first-order valence-electron chi connectivity index (χ1n) is 7.96. The van der Waals surface area contributed by atoms with Crippen LogP contribution in [0.5, 0.6) is 0 Å². The van der Waals surface area contributed by atoms with E-state index in [0.29, 0.717) is 0 Å². The number of rotatable bonds is 7. The predicted octanol–water partition coefficient (Wildman–Crippen LogP) is 4.39. The molecule has 0 aliphatic carbocycles. The summed E-state index contributed by atoms with van der Waals surface area (Å²) in [4.78, 5) is 34.6. The zero-order valence-corrected chi connectivity index (χ0v) is 17.4. The Hall–Kier alpha value is -2.46. The fraction of sp³-hybridized carbons (Fsp3) is 0.222. The minimum atomic E-state index is -0.832. The maximum atomic E-state index is 13.6. The molecule has 0 heterocycles. The number of anilines is 1. The molecule has 0 atom stereocenters. The Morgan fingerprint density at radius 3 is 2.64 bits per heavy atom. The van der Waals surface area contributed by atoms with Crippen molar-refractivity contribution in [2.75, 3.05) is 17.7 Å². The molecule has 0 aromatic heterocycles. The van der Waals surface area contributed by atoms with Crippen LogP contribution < -0.4 is 5.32 Å². The van der Waals surface area contributed by atoms with Gasteiger partial charge in [-0.1, -0.05) is 15.9 Å². The lowest BCUT2D eigenvalue weighted by Gasteiger charge is -2.09. The highest BCUT2D eigenvalue weighted by molar-refractivity contribution is 9.10. The van der Waals surface area contributed by atoms with Gasteiger partial charge in [-0.2, -0.15) is 0 Å². The molecule has 0 fully saturated rings. The van der Waals surface area contributed by atoms with E-state index in [9.17, 15) is 24.1 Å². The second kappa shape index (κ2) is 9.65. The van der Waals surface area contributed by atoms with Crippen LogP contribution in [-0.4, -0.2) is 29.2 Å². The van der Waals surface area contributed by atoms with E-state index in [1.54, 1.807) is 0 Å². The average molecular weight is 471 g/mol. The topological polar surface area (TPSA) is 98.5 Å². The van der Waals surface area contributed by atoms with E-state index in [2.05, 4.69) is 21.2 Å². The normalized spacial score (nSPS) is 10.4. The van der Waals surface area contributed by atoms with Gasteiger partial charge in [-0.15, -0.1) is 11.8 Å². The number of ether oxygens (including phenoxy) is 1. The molecule has 10 heteroatoms. The molecule has 0 saturated heterocycles. The van der Waals surface area contributed by atoms with Crippen molar-refractivity contribution >= 4 is 50.9 Å². The highest BCUT2D eigenvalue weighted by atomic mass is 79.9. The lowest BCUT2D eigenvalue weighted by molar-refractivity contribution is -0.384. The number of nitrogens with one attached hydrogen (secondary N) is 1. The SMILES string of the molecule is Cc1cc(SCC(=O)OCC(=O)Nc2cc([N+](=O)[O-])ccc2F)c(C)cc1Br. The summed E-state index contributed by atoms with van der Waals surface area (Å²) in [5.74, 6) is -2.24. The summed E-state index contributed by atoms with van der Waals surface area (Å²) in [6.45, 7) is 3.22. The summed E-state index contributed by atoms with van der Waals surface area (Å²) in [5.41, 5.74) is 1.30. The van der Waals surface area contributed by atoms with Gasteiger partial charge in [0.05, 0.1) is 16.4 Å². The molecule has 1 amide bonds. The van der Waals surface area contributed by atoms with Gasteiger partial charge in [0, 0.05) is 21.5 Å². The summed E-state index contributed by atoms with van der Waals surface area (Å²) in [6, 6.07) is 6.63. The van der Waals surface area contributed by atoms with Crippen molar-refractivity contribution in [3.8, 4) is 0 Å². The second-order valence-electron chi connectivity index (χ2n) is 5.79. The Bertz CT molecular complexity index is 938. The largest absolute Gasteiger partial charge is 0.455 e. The number of hydrogen-bond donors (Lipinski definition) is 1. The Balaban J connectivity index is 1.86. The smallest absolute Gasteiger partial charge is 0.316 e. The van der Waals surface area contributed by atoms with Crippen LogP contribution in [0.3, 0.4) is 0 Å². The Labute approximate surface area is 172 Å². The molecule has 0 radical (unpaired) electrons. The molecule has 0 unspecified atom stereocenters. The van der Waals surface area contributed by atoms with Crippen LogP contribution in [0.1, 0.15) is 11.1 Å². The molecule has 1 N–H and O–H groups in total. The number of nitrogens with zero attached hydrogens (tertiary/aromatic N) is 1. The van der Waals surface area contributed by atoms with Crippen LogP contribution in [0.2, 0.25) is 0 Å². The number of non-ortho nitro benzene ring substituents is 1. The molecular weight excluding hydrogens is 455 g/mol. The molecule has 2 aromatic rings. The fourth-order valence-electron chi connectivity index (χ4n) is 2.14. The number of carbonyl (C=O) groups excluding carboxylic acids is 2. The van der Waals surface area contributed by atoms with Crippen molar-refractivity contribution in [1.82, 2.24) is 0 Å². The number of hydrogen-bond acceptors (Lipinski definition) is 6. The van der Waals surface area contributed by atoms with Gasteiger partial charge in [-0.25, -0.2) is 4.39 Å². The van der Waals surface area contributed by atoms with E-state index < -0.39 is 29.2 Å². The number of benzene rings is 2. The van der Waals surface area contributed by atoms with Gasteiger partial charge in [0.2, 0.25) is 0 Å². The van der Waals surface area contributed by atoms with Crippen molar-refractivity contribution < 1.29 is 23.6 Å². The van der Waals surface area contributed by atoms with E-state index in [-0.39, 0.29) is 17.1 Å². The van der Waals surface area contributed by atoms with E-state index >= 15 is 0 Å². The van der Waals surface area contributed by atoms with Crippen molar-refractivity contribution in [3.63, 3.8) is 0 Å². The summed E-state index contributed by atoms with van der Waals surface area (Å²) in [7, 11) is 0. The van der Waals surface area contributed by atoms with Crippen LogP contribution in [0, 0.1) is 29.8 Å². The van der Waals surface area contributed by atoms with E-state index in [1.807, 2.05) is 26.0 Å². The molecule has 7 nitrogen and oxygen atoms in total.